The number of carboxylic acid groups (broad SMARTS) is 1. The number of nitrogens with two attached hydrogens (primary N) is 3. The third kappa shape index (κ3) is 12.2. The van der Waals surface area contributed by atoms with E-state index >= 15 is 0 Å². The Morgan fingerprint density at radius 3 is 1.88 bits per heavy atom. The predicted octanol–water partition coefficient (Wildman–Crippen LogP) is -4.87. The minimum atomic E-state index is -1.46. The minimum absolute atomic E-state index is 0.0881. The van der Waals surface area contributed by atoms with E-state index in [0.29, 0.717) is 12.8 Å². The van der Waals surface area contributed by atoms with Gasteiger partial charge in [-0.25, -0.2) is 4.79 Å². The smallest absolute Gasteiger partial charge is 0.326 e. The number of carboxylic acids is 1. The number of amides is 8. The lowest BCUT2D eigenvalue weighted by molar-refractivity contribution is -0.144. The molecule has 0 saturated carbocycles. The lowest BCUT2D eigenvalue weighted by atomic mass is 10.0. The number of rotatable bonds is 19. The first-order chi connectivity index (χ1) is 23.5. The molecule has 280 valence electrons. The molecule has 2 saturated heterocycles. The van der Waals surface area contributed by atoms with Crippen LogP contribution < -0.4 is 38.5 Å². The van der Waals surface area contributed by atoms with Crippen molar-refractivity contribution in [3.05, 3.63) is 0 Å². The molecule has 0 bridgehead atoms. The summed E-state index contributed by atoms with van der Waals surface area (Å²) >= 11 is 0. The van der Waals surface area contributed by atoms with Gasteiger partial charge >= 0.3 is 5.97 Å². The predicted molar refractivity (Wildman–Crippen MR) is 173 cm³/mol. The fourth-order valence-electron chi connectivity index (χ4n) is 5.82. The summed E-state index contributed by atoms with van der Waals surface area (Å²) in [6.45, 7) is 2.59. The van der Waals surface area contributed by atoms with Gasteiger partial charge in [0.05, 0.1) is 19.6 Å². The van der Waals surface area contributed by atoms with Gasteiger partial charge in [0.15, 0.2) is 0 Å². The zero-order valence-corrected chi connectivity index (χ0v) is 28.2. The Balaban J connectivity index is 2.07. The van der Waals surface area contributed by atoms with Crippen molar-refractivity contribution in [1.82, 2.24) is 31.1 Å². The van der Waals surface area contributed by atoms with Gasteiger partial charge < -0.3 is 58.5 Å². The fourth-order valence-corrected chi connectivity index (χ4v) is 5.82. The summed E-state index contributed by atoms with van der Waals surface area (Å²) in [6, 6.07) is -7.40. The highest BCUT2D eigenvalue weighted by molar-refractivity contribution is 5.98. The maximum Gasteiger partial charge on any atom is 0.326 e. The first-order valence-electron chi connectivity index (χ1n) is 16.4. The molecule has 2 fully saturated rings. The molecule has 12 N–H and O–H groups in total. The van der Waals surface area contributed by atoms with Crippen molar-refractivity contribution in [2.75, 3.05) is 26.2 Å². The molecule has 2 rings (SSSR count). The summed E-state index contributed by atoms with van der Waals surface area (Å²) in [5, 5.41) is 28.3. The van der Waals surface area contributed by atoms with Crippen LogP contribution in [0.25, 0.3) is 0 Å². The number of carbonyl (C=O) groups is 9. The zero-order valence-electron chi connectivity index (χ0n) is 28.2. The van der Waals surface area contributed by atoms with Crippen LogP contribution in [0.2, 0.25) is 0 Å². The average Bonchev–Trinajstić information content (AvgIpc) is 3.74. The molecule has 0 spiro atoms. The van der Waals surface area contributed by atoms with E-state index in [2.05, 4.69) is 21.3 Å². The van der Waals surface area contributed by atoms with Crippen LogP contribution in [0.5, 0.6) is 0 Å². The van der Waals surface area contributed by atoms with Gasteiger partial charge in [-0.3, -0.25) is 38.4 Å². The van der Waals surface area contributed by atoms with Crippen molar-refractivity contribution in [2.24, 2.45) is 23.1 Å². The molecule has 20 heteroatoms. The topological polar surface area (TPSA) is 327 Å². The number of primary amides is 2. The van der Waals surface area contributed by atoms with Gasteiger partial charge in [0.2, 0.25) is 47.3 Å². The second kappa shape index (κ2) is 19.4. The van der Waals surface area contributed by atoms with Crippen LogP contribution in [0.15, 0.2) is 0 Å². The van der Waals surface area contributed by atoms with E-state index in [9.17, 15) is 53.4 Å². The number of hydrogen-bond donors (Lipinski definition) is 9. The van der Waals surface area contributed by atoms with Crippen molar-refractivity contribution >= 4 is 53.2 Å². The maximum absolute atomic E-state index is 13.6. The number of carbonyl (C=O) groups excluding carboxylic acids is 8. The Morgan fingerprint density at radius 2 is 1.36 bits per heavy atom. The third-order valence-electron chi connectivity index (χ3n) is 8.29. The highest BCUT2D eigenvalue weighted by Crippen LogP contribution is 2.21. The largest absolute Gasteiger partial charge is 0.480 e. The van der Waals surface area contributed by atoms with Gasteiger partial charge in [0.25, 0.3) is 0 Å². The van der Waals surface area contributed by atoms with Crippen molar-refractivity contribution in [1.29, 1.82) is 0 Å². The number of likely N-dealkylation sites (tertiary alicyclic amines) is 2. The van der Waals surface area contributed by atoms with Crippen molar-refractivity contribution in [3.63, 3.8) is 0 Å². The Morgan fingerprint density at radius 1 is 0.780 bits per heavy atom. The van der Waals surface area contributed by atoms with Crippen LogP contribution in [-0.4, -0.2) is 136 Å². The molecule has 2 aliphatic heterocycles. The molecule has 0 aromatic heterocycles. The van der Waals surface area contributed by atoms with Gasteiger partial charge in [-0.15, -0.1) is 0 Å². The number of aliphatic carboxylic acids is 1. The van der Waals surface area contributed by atoms with E-state index in [4.69, 9.17) is 17.2 Å². The molecule has 8 amide bonds. The molecular formula is C30H49N9O11. The van der Waals surface area contributed by atoms with Gasteiger partial charge in [0, 0.05) is 19.5 Å². The van der Waals surface area contributed by atoms with E-state index in [0.717, 1.165) is 4.90 Å². The van der Waals surface area contributed by atoms with E-state index in [1.54, 1.807) is 13.8 Å². The molecule has 2 aliphatic rings. The summed E-state index contributed by atoms with van der Waals surface area (Å²) in [6.07, 6.45) is 0.260. The number of hydrogen-bond acceptors (Lipinski definition) is 11. The molecule has 0 radical (unpaired) electrons. The molecule has 50 heavy (non-hydrogen) atoms. The highest BCUT2D eigenvalue weighted by atomic mass is 16.4. The van der Waals surface area contributed by atoms with E-state index in [1.165, 1.54) is 4.90 Å². The van der Waals surface area contributed by atoms with Crippen LogP contribution in [-0.2, 0) is 43.2 Å². The van der Waals surface area contributed by atoms with E-state index in [-0.39, 0.29) is 51.1 Å². The SMILES string of the molecule is CC(C)C[C@H](NC(=O)CNC(=O)[C@@H]1CCCN1C(=O)[C@H](CC(N)=O)NC(=O)[C@@H]1CCCN1C(=O)[C@@H](N)CO)C(=O)N[C@@H](CCC(N)=O)C(=O)O. The monoisotopic (exact) mass is 711 g/mol. The first-order valence-corrected chi connectivity index (χ1v) is 16.4. The van der Waals surface area contributed by atoms with Gasteiger partial charge in [-0.1, -0.05) is 13.8 Å². The van der Waals surface area contributed by atoms with Crippen LogP contribution >= 0.6 is 0 Å². The van der Waals surface area contributed by atoms with E-state index in [1.807, 2.05) is 0 Å². The normalized spacial score (nSPS) is 19.5. The lowest BCUT2D eigenvalue weighted by Gasteiger charge is -2.30. The number of aliphatic hydroxyl groups is 1. The fraction of sp³-hybridized carbons (Fsp3) is 0.700. The third-order valence-corrected chi connectivity index (χ3v) is 8.29. The molecule has 0 aromatic carbocycles. The summed E-state index contributed by atoms with van der Waals surface area (Å²) in [4.78, 5) is 115. The zero-order chi connectivity index (χ0) is 37.7. The Bertz CT molecular complexity index is 1310. The summed E-state index contributed by atoms with van der Waals surface area (Å²) in [5.74, 6) is -7.65. The second-order valence-corrected chi connectivity index (χ2v) is 12.8. The summed E-state index contributed by atoms with van der Waals surface area (Å²) in [5.41, 5.74) is 16.1. The van der Waals surface area contributed by atoms with Gasteiger partial charge in [0.1, 0.15) is 36.3 Å². The van der Waals surface area contributed by atoms with Crippen LogP contribution in [0, 0.1) is 5.92 Å². The summed E-state index contributed by atoms with van der Waals surface area (Å²) in [7, 11) is 0. The molecule has 20 nitrogen and oxygen atoms in total. The Kier molecular flexibility index (Phi) is 16.0. The van der Waals surface area contributed by atoms with Crippen LogP contribution in [0.3, 0.4) is 0 Å². The number of nitrogens with zero attached hydrogens (tertiary/aromatic N) is 2. The lowest BCUT2D eigenvalue weighted by Crippen LogP contribution is -2.58. The van der Waals surface area contributed by atoms with Gasteiger partial charge in [-0.05, 0) is 44.4 Å². The van der Waals surface area contributed by atoms with Crippen LogP contribution in [0.4, 0.5) is 0 Å². The van der Waals surface area contributed by atoms with E-state index < -0.39 is 109 Å². The molecule has 0 unspecified atom stereocenters. The Hall–Kier alpha value is -4.85. The quantitative estimate of drug-likeness (QED) is 0.0609. The highest BCUT2D eigenvalue weighted by Gasteiger charge is 2.41. The van der Waals surface area contributed by atoms with Gasteiger partial charge in [-0.2, -0.15) is 0 Å². The number of aliphatic hydroxyl groups excluding tert-OH is 1. The standard InChI is InChI=1S/C30H49N9O11/c1-15(2)11-18(25(44)36-17(30(49)50)7-8-22(32)41)35-24(43)13-34-26(45)20-5-3-10-39(20)29(48)19(12-23(33)42)37-27(46)21-6-4-9-38(21)28(47)16(31)14-40/h15-21,40H,3-14,31H2,1-2H3,(H2,32,41)(H2,33,42)(H,34,45)(H,35,43)(H,36,44)(H,37,46)(H,49,50)/t16-,17-,18-,19-,20-,21-/m0/s1. The average molecular weight is 712 g/mol. The molecule has 6 atom stereocenters. The van der Waals surface area contributed by atoms with Crippen LogP contribution in [0.1, 0.15) is 65.2 Å². The minimum Gasteiger partial charge on any atom is -0.480 e. The molecule has 2 heterocycles. The van der Waals surface area contributed by atoms with Crippen molar-refractivity contribution in [2.45, 2.75) is 101 Å². The van der Waals surface area contributed by atoms with Crippen molar-refractivity contribution < 1.29 is 53.4 Å². The molecule has 0 aromatic rings. The molecular weight excluding hydrogens is 662 g/mol. The Labute approximate surface area is 288 Å². The number of nitrogens with one attached hydrogen (secondary N) is 4. The second-order valence-electron chi connectivity index (χ2n) is 12.8. The molecule has 0 aliphatic carbocycles. The first kappa shape index (κ1) is 41.3. The summed E-state index contributed by atoms with van der Waals surface area (Å²) < 4.78 is 0. The van der Waals surface area contributed by atoms with Crippen molar-refractivity contribution in [3.8, 4) is 0 Å². The maximum atomic E-state index is 13.6.